The van der Waals surface area contributed by atoms with E-state index in [1.807, 2.05) is 18.2 Å². The number of para-hydroxylation sites is 2. The predicted molar refractivity (Wildman–Crippen MR) is 117 cm³/mol. The number of imidazole rings is 1. The smallest absolute Gasteiger partial charge is 0.208 e. The van der Waals surface area contributed by atoms with Crippen LogP contribution >= 0.6 is 0 Å². The summed E-state index contributed by atoms with van der Waals surface area (Å²) in [5.41, 5.74) is 4.58. The van der Waals surface area contributed by atoms with Crippen LogP contribution in [-0.4, -0.2) is 35.9 Å². The molecule has 0 saturated heterocycles. The van der Waals surface area contributed by atoms with Crippen molar-refractivity contribution >= 4 is 25.1 Å². The van der Waals surface area contributed by atoms with Crippen LogP contribution in [0, 0.1) is 0 Å². The molecule has 0 radical (unpaired) electrons. The number of phenolic OH excluding ortho intramolecular Hbond substituents is 1. The molecule has 148 valence electrons. The molecule has 0 unspecified atom stereocenters. The van der Waals surface area contributed by atoms with Gasteiger partial charge in [0.15, 0.2) is 0 Å². The molecule has 0 fully saturated rings. The highest BCUT2D eigenvalue weighted by molar-refractivity contribution is 6.76. The van der Waals surface area contributed by atoms with Crippen LogP contribution in [0.1, 0.15) is 11.1 Å². The first-order chi connectivity index (χ1) is 13.4. The van der Waals surface area contributed by atoms with Crippen molar-refractivity contribution < 1.29 is 9.84 Å². The van der Waals surface area contributed by atoms with Gasteiger partial charge in [-0.3, -0.25) is 4.57 Å². The molecule has 2 heterocycles. The van der Waals surface area contributed by atoms with E-state index in [0.717, 1.165) is 49.1 Å². The Labute approximate surface area is 167 Å². The van der Waals surface area contributed by atoms with Gasteiger partial charge in [0, 0.05) is 27.8 Å². The van der Waals surface area contributed by atoms with E-state index in [0.29, 0.717) is 12.5 Å². The SMILES string of the molecule is C[Si](C)(C)CCOCn1c(N2CCc3ccc(O)cc3C2)nc2ccccc21. The van der Waals surface area contributed by atoms with Crippen molar-refractivity contribution in [2.45, 2.75) is 45.4 Å². The van der Waals surface area contributed by atoms with Crippen LogP contribution in [0.25, 0.3) is 11.0 Å². The van der Waals surface area contributed by atoms with Gasteiger partial charge in [-0.15, -0.1) is 0 Å². The Morgan fingerprint density at radius 1 is 1.11 bits per heavy atom. The number of aromatic nitrogens is 2. The Kier molecular flexibility index (Phi) is 5.16. The fraction of sp³-hybridized carbons (Fsp3) is 0.409. The average molecular weight is 396 g/mol. The van der Waals surface area contributed by atoms with Crippen LogP contribution in [0.2, 0.25) is 25.7 Å². The lowest BCUT2D eigenvalue weighted by Crippen LogP contribution is -2.32. The summed E-state index contributed by atoms with van der Waals surface area (Å²) in [6, 6.07) is 15.1. The maximum atomic E-state index is 9.87. The Bertz CT molecular complexity index is 978. The van der Waals surface area contributed by atoms with Crippen LogP contribution in [-0.2, 0) is 24.4 Å². The van der Waals surface area contributed by atoms with Crippen molar-refractivity contribution in [3.8, 4) is 5.75 Å². The monoisotopic (exact) mass is 395 g/mol. The summed E-state index contributed by atoms with van der Waals surface area (Å²) in [4.78, 5) is 7.21. The van der Waals surface area contributed by atoms with E-state index in [1.165, 1.54) is 11.1 Å². The number of fused-ring (bicyclic) bond motifs is 2. The average Bonchev–Trinajstić information content (AvgIpc) is 3.02. The molecule has 0 bridgehead atoms. The highest BCUT2D eigenvalue weighted by Gasteiger charge is 2.22. The third-order valence-electron chi connectivity index (χ3n) is 5.34. The number of anilines is 1. The second-order valence-electron chi connectivity index (χ2n) is 8.80. The summed E-state index contributed by atoms with van der Waals surface area (Å²) in [7, 11) is -1.11. The molecule has 0 amide bonds. The van der Waals surface area contributed by atoms with E-state index in [-0.39, 0.29) is 0 Å². The summed E-state index contributed by atoms with van der Waals surface area (Å²) < 4.78 is 8.26. The predicted octanol–water partition coefficient (Wildman–Crippen LogP) is 4.62. The zero-order valence-electron chi connectivity index (χ0n) is 17.0. The normalized spacial score (nSPS) is 14.5. The van der Waals surface area contributed by atoms with Gasteiger partial charge in [-0.25, -0.2) is 4.98 Å². The standard InChI is InChI=1S/C22H29N3O2Si/c1-28(2,3)13-12-27-16-25-21-7-5-4-6-20(21)23-22(25)24-11-10-17-8-9-19(26)14-18(17)15-24/h4-9,14,26H,10-13,15-16H2,1-3H3. The summed E-state index contributed by atoms with van der Waals surface area (Å²) in [5, 5.41) is 9.87. The van der Waals surface area contributed by atoms with Gasteiger partial charge in [0.2, 0.25) is 5.95 Å². The van der Waals surface area contributed by atoms with E-state index in [9.17, 15) is 5.11 Å². The first-order valence-corrected chi connectivity index (χ1v) is 13.7. The quantitative estimate of drug-likeness (QED) is 0.489. The number of ether oxygens (including phenoxy) is 1. The van der Waals surface area contributed by atoms with E-state index >= 15 is 0 Å². The van der Waals surface area contributed by atoms with Gasteiger partial charge < -0.3 is 14.7 Å². The topological polar surface area (TPSA) is 50.5 Å². The lowest BCUT2D eigenvalue weighted by atomic mass is 10.00. The minimum absolute atomic E-state index is 0.323. The molecule has 6 heteroatoms. The van der Waals surface area contributed by atoms with E-state index in [1.54, 1.807) is 6.07 Å². The largest absolute Gasteiger partial charge is 0.508 e. The molecule has 1 aromatic heterocycles. The van der Waals surface area contributed by atoms with Gasteiger partial charge in [0.05, 0.1) is 11.0 Å². The maximum Gasteiger partial charge on any atom is 0.208 e. The van der Waals surface area contributed by atoms with Gasteiger partial charge in [0.1, 0.15) is 12.5 Å². The number of rotatable bonds is 6. The molecule has 2 aromatic carbocycles. The minimum Gasteiger partial charge on any atom is -0.508 e. The first kappa shape index (κ1) is 19.0. The molecule has 3 aromatic rings. The molecular formula is C22H29N3O2Si. The molecule has 28 heavy (non-hydrogen) atoms. The zero-order valence-corrected chi connectivity index (χ0v) is 18.0. The van der Waals surface area contributed by atoms with Crippen LogP contribution in [0.3, 0.4) is 0 Å². The van der Waals surface area contributed by atoms with Gasteiger partial charge in [-0.05, 0) is 47.9 Å². The number of hydrogen-bond acceptors (Lipinski definition) is 4. The number of aromatic hydroxyl groups is 1. The van der Waals surface area contributed by atoms with Crippen molar-refractivity contribution in [2.24, 2.45) is 0 Å². The van der Waals surface area contributed by atoms with Crippen molar-refractivity contribution in [3.05, 3.63) is 53.6 Å². The fourth-order valence-electron chi connectivity index (χ4n) is 3.68. The lowest BCUT2D eigenvalue weighted by Gasteiger charge is -2.30. The molecule has 1 aliphatic rings. The number of phenols is 1. The molecule has 4 rings (SSSR count). The van der Waals surface area contributed by atoms with Gasteiger partial charge >= 0.3 is 0 Å². The molecule has 1 N–H and O–H groups in total. The van der Waals surface area contributed by atoms with Gasteiger partial charge in [0.25, 0.3) is 0 Å². The van der Waals surface area contributed by atoms with Crippen LogP contribution in [0.4, 0.5) is 5.95 Å². The van der Waals surface area contributed by atoms with Crippen molar-refractivity contribution in [1.82, 2.24) is 9.55 Å². The summed E-state index contributed by atoms with van der Waals surface area (Å²) in [6.45, 7) is 10.1. The van der Waals surface area contributed by atoms with Gasteiger partial charge in [-0.2, -0.15) is 0 Å². The molecule has 0 aliphatic carbocycles. The molecular weight excluding hydrogens is 366 g/mol. The van der Waals surface area contributed by atoms with E-state index < -0.39 is 8.07 Å². The van der Waals surface area contributed by atoms with Crippen LogP contribution in [0.5, 0.6) is 5.75 Å². The fourth-order valence-corrected chi connectivity index (χ4v) is 4.44. The lowest BCUT2D eigenvalue weighted by molar-refractivity contribution is 0.0905. The third kappa shape index (κ3) is 4.08. The molecule has 5 nitrogen and oxygen atoms in total. The summed E-state index contributed by atoms with van der Waals surface area (Å²) in [5.74, 6) is 1.27. The van der Waals surface area contributed by atoms with Crippen molar-refractivity contribution in [2.75, 3.05) is 18.1 Å². The number of hydrogen-bond donors (Lipinski definition) is 1. The van der Waals surface area contributed by atoms with Crippen LogP contribution in [0.15, 0.2) is 42.5 Å². The highest BCUT2D eigenvalue weighted by Crippen LogP contribution is 2.29. The molecule has 0 saturated carbocycles. The molecule has 0 atom stereocenters. The third-order valence-corrected chi connectivity index (χ3v) is 7.04. The minimum atomic E-state index is -1.11. The Morgan fingerprint density at radius 3 is 2.75 bits per heavy atom. The number of nitrogens with zero attached hydrogens (tertiary/aromatic N) is 3. The van der Waals surface area contributed by atoms with Gasteiger partial charge in [-0.1, -0.05) is 37.8 Å². The van der Waals surface area contributed by atoms with Crippen molar-refractivity contribution in [1.29, 1.82) is 0 Å². The Balaban J connectivity index is 1.60. The number of benzene rings is 2. The maximum absolute atomic E-state index is 9.87. The molecule has 1 aliphatic heterocycles. The van der Waals surface area contributed by atoms with Crippen molar-refractivity contribution in [3.63, 3.8) is 0 Å². The van der Waals surface area contributed by atoms with Crippen LogP contribution < -0.4 is 4.90 Å². The highest BCUT2D eigenvalue weighted by atomic mass is 28.3. The van der Waals surface area contributed by atoms with E-state index in [4.69, 9.17) is 9.72 Å². The summed E-state index contributed by atoms with van der Waals surface area (Å²) in [6.07, 6.45) is 0.954. The second kappa shape index (κ2) is 7.60. The molecule has 0 spiro atoms. The zero-order chi connectivity index (χ0) is 19.7. The van der Waals surface area contributed by atoms with E-state index in [2.05, 4.69) is 47.3 Å². The summed E-state index contributed by atoms with van der Waals surface area (Å²) >= 11 is 0. The Morgan fingerprint density at radius 2 is 1.93 bits per heavy atom. The Hall–Kier alpha value is -2.31. The second-order valence-corrected chi connectivity index (χ2v) is 14.4. The first-order valence-electron chi connectivity index (χ1n) is 9.99.